The molecule has 0 fully saturated rings. The molecule has 1 unspecified atom stereocenters. The molecule has 17 heavy (non-hydrogen) atoms. The second-order valence-corrected chi connectivity index (χ2v) is 5.05. The van der Waals surface area contributed by atoms with Gasteiger partial charge in [0.05, 0.1) is 18.4 Å². The van der Waals surface area contributed by atoms with Crippen LogP contribution in [0.3, 0.4) is 0 Å². The first-order valence-corrected chi connectivity index (χ1v) is 6.79. The molecule has 1 atom stereocenters. The third-order valence-corrected chi connectivity index (χ3v) is 3.47. The van der Waals surface area contributed by atoms with E-state index in [1.807, 2.05) is 17.8 Å². The van der Waals surface area contributed by atoms with Crippen LogP contribution in [0.5, 0.6) is 5.75 Å². The molecule has 0 saturated heterocycles. The second kappa shape index (κ2) is 7.08. The number of hydrogen-bond acceptors (Lipinski definition) is 4. The Morgan fingerprint density at radius 1 is 1.53 bits per heavy atom. The summed E-state index contributed by atoms with van der Waals surface area (Å²) in [5, 5.41) is 12.4. The Balaban J connectivity index is 2.77. The average molecular weight is 250 g/mol. The van der Waals surface area contributed by atoms with Gasteiger partial charge in [-0.3, -0.25) is 0 Å². The van der Waals surface area contributed by atoms with Gasteiger partial charge in [0.15, 0.2) is 0 Å². The van der Waals surface area contributed by atoms with Gasteiger partial charge in [0.25, 0.3) is 0 Å². The van der Waals surface area contributed by atoms with Gasteiger partial charge in [0, 0.05) is 17.9 Å². The van der Waals surface area contributed by atoms with Crippen molar-refractivity contribution in [2.24, 2.45) is 0 Å². The van der Waals surface area contributed by atoms with Gasteiger partial charge in [-0.25, -0.2) is 0 Å². The number of anilines is 1. The van der Waals surface area contributed by atoms with Crippen LogP contribution >= 0.6 is 11.8 Å². The van der Waals surface area contributed by atoms with Crippen LogP contribution in [0.1, 0.15) is 19.4 Å². The van der Waals surface area contributed by atoms with Gasteiger partial charge in [-0.15, -0.1) is 0 Å². The number of nitrogens with one attached hydrogen (secondary N) is 1. The Hall–Kier alpha value is -1.34. The van der Waals surface area contributed by atoms with E-state index in [4.69, 9.17) is 10.00 Å². The molecule has 1 aromatic carbocycles. The molecule has 0 aromatic heterocycles. The van der Waals surface area contributed by atoms with Gasteiger partial charge in [-0.2, -0.15) is 17.0 Å². The molecule has 0 aliphatic rings. The van der Waals surface area contributed by atoms with E-state index in [-0.39, 0.29) is 0 Å². The molecular formula is C13H18N2OS. The molecular weight excluding hydrogens is 232 g/mol. The molecule has 0 saturated carbocycles. The van der Waals surface area contributed by atoms with E-state index < -0.39 is 0 Å². The molecule has 4 heteroatoms. The molecule has 0 amide bonds. The van der Waals surface area contributed by atoms with Crippen molar-refractivity contribution in [3.8, 4) is 11.8 Å². The van der Waals surface area contributed by atoms with Crippen molar-refractivity contribution in [3.05, 3.63) is 23.8 Å². The fraction of sp³-hybridized carbons (Fsp3) is 0.462. The zero-order valence-corrected chi connectivity index (χ0v) is 11.3. The van der Waals surface area contributed by atoms with E-state index in [9.17, 15) is 0 Å². The summed E-state index contributed by atoms with van der Waals surface area (Å²) in [6.07, 6.45) is 0. The minimum Gasteiger partial charge on any atom is -0.497 e. The maximum absolute atomic E-state index is 9.03. The lowest BCUT2D eigenvalue weighted by Crippen LogP contribution is -2.18. The van der Waals surface area contributed by atoms with E-state index in [2.05, 4.69) is 25.2 Å². The minimum absolute atomic E-state index is 0.333. The SMILES string of the molecule is CCSCC(C)Nc1cc(OC)ccc1C#N. The van der Waals surface area contributed by atoms with Crippen molar-refractivity contribution >= 4 is 17.4 Å². The standard InChI is InChI=1S/C13H18N2OS/c1-4-17-9-10(2)15-13-7-12(16-3)6-5-11(13)8-14/h5-7,10,15H,4,9H2,1-3H3. The second-order valence-electron chi connectivity index (χ2n) is 3.73. The van der Waals surface area contributed by atoms with Crippen LogP contribution in [0, 0.1) is 11.3 Å². The van der Waals surface area contributed by atoms with Gasteiger partial charge in [-0.05, 0) is 24.8 Å². The van der Waals surface area contributed by atoms with Gasteiger partial charge in [-0.1, -0.05) is 6.92 Å². The molecule has 0 aliphatic heterocycles. The van der Waals surface area contributed by atoms with Crippen LogP contribution < -0.4 is 10.1 Å². The summed E-state index contributed by atoms with van der Waals surface area (Å²) in [4.78, 5) is 0. The maximum atomic E-state index is 9.03. The summed E-state index contributed by atoms with van der Waals surface area (Å²) in [6, 6.07) is 7.96. The molecule has 1 rings (SSSR count). The largest absolute Gasteiger partial charge is 0.497 e. The monoisotopic (exact) mass is 250 g/mol. The normalized spacial score (nSPS) is 11.6. The molecule has 3 nitrogen and oxygen atoms in total. The van der Waals surface area contributed by atoms with Gasteiger partial charge < -0.3 is 10.1 Å². The zero-order valence-electron chi connectivity index (χ0n) is 10.5. The fourth-order valence-corrected chi connectivity index (χ4v) is 2.14. The Morgan fingerprint density at radius 2 is 2.29 bits per heavy atom. The summed E-state index contributed by atoms with van der Waals surface area (Å²) in [5.74, 6) is 2.90. The first kappa shape index (κ1) is 13.7. The van der Waals surface area contributed by atoms with Crippen LogP contribution in [-0.4, -0.2) is 24.7 Å². The summed E-state index contributed by atoms with van der Waals surface area (Å²) in [6.45, 7) is 4.26. The predicted molar refractivity (Wildman–Crippen MR) is 73.8 cm³/mol. The first-order chi connectivity index (χ1) is 8.21. The van der Waals surface area contributed by atoms with Crippen molar-refractivity contribution in [2.45, 2.75) is 19.9 Å². The van der Waals surface area contributed by atoms with Gasteiger partial charge in [0.1, 0.15) is 11.8 Å². The number of hydrogen-bond donors (Lipinski definition) is 1. The number of methoxy groups -OCH3 is 1. The number of ether oxygens (including phenoxy) is 1. The molecule has 0 spiro atoms. The van der Waals surface area contributed by atoms with Crippen molar-refractivity contribution < 1.29 is 4.74 Å². The molecule has 1 aromatic rings. The first-order valence-electron chi connectivity index (χ1n) is 5.63. The van der Waals surface area contributed by atoms with E-state index in [0.29, 0.717) is 11.6 Å². The molecule has 0 heterocycles. The third-order valence-electron chi connectivity index (χ3n) is 2.32. The highest BCUT2D eigenvalue weighted by Gasteiger charge is 2.07. The van der Waals surface area contributed by atoms with E-state index in [0.717, 1.165) is 22.9 Å². The van der Waals surface area contributed by atoms with E-state index in [1.165, 1.54) is 0 Å². The smallest absolute Gasteiger partial charge is 0.121 e. The molecule has 92 valence electrons. The molecule has 0 radical (unpaired) electrons. The lowest BCUT2D eigenvalue weighted by Gasteiger charge is -2.16. The highest BCUT2D eigenvalue weighted by atomic mass is 32.2. The van der Waals surface area contributed by atoms with Crippen LogP contribution in [-0.2, 0) is 0 Å². The Kier molecular flexibility index (Phi) is 5.71. The topological polar surface area (TPSA) is 45.0 Å². The highest BCUT2D eigenvalue weighted by molar-refractivity contribution is 7.99. The molecule has 1 N–H and O–H groups in total. The Morgan fingerprint density at radius 3 is 2.88 bits per heavy atom. The van der Waals surface area contributed by atoms with Crippen molar-refractivity contribution in [3.63, 3.8) is 0 Å². The summed E-state index contributed by atoms with van der Waals surface area (Å²) >= 11 is 1.88. The highest BCUT2D eigenvalue weighted by Crippen LogP contribution is 2.23. The van der Waals surface area contributed by atoms with Crippen LogP contribution in [0.25, 0.3) is 0 Å². The average Bonchev–Trinajstić information content (AvgIpc) is 2.36. The number of nitrogens with zero attached hydrogens (tertiary/aromatic N) is 1. The lowest BCUT2D eigenvalue weighted by molar-refractivity contribution is 0.415. The summed E-state index contributed by atoms with van der Waals surface area (Å²) in [5.41, 5.74) is 1.50. The maximum Gasteiger partial charge on any atom is 0.121 e. The van der Waals surface area contributed by atoms with Gasteiger partial charge in [0.2, 0.25) is 0 Å². The summed E-state index contributed by atoms with van der Waals surface area (Å²) < 4.78 is 5.16. The van der Waals surface area contributed by atoms with E-state index in [1.54, 1.807) is 19.2 Å². The van der Waals surface area contributed by atoms with Crippen molar-refractivity contribution in [1.82, 2.24) is 0 Å². The number of thioether (sulfide) groups is 1. The molecule has 0 aliphatic carbocycles. The Labute approximate surface area is 107 Å². The lowest BCUT2D eigenvalue weighted by atomic mass is 10.1. The number of nitriles is 1. The third kappa shape index (κ3) is 4.20. The van der Waals surface area contributed by atoms with Crippen LogP contribution in [0.2, 0.25) is 0 Å². The number of rotatable bonds is 6. The van der Waals surface area contributed by atoms with Crippen LogP contribution in [0.15, 0.2) is 18.2 Å². The van der Waals surface area contributed by atoms with E-state index >= 15 is 0 Å². The minimum atomic E-state index is 0.333. The summed E-state index contributed by atoms with van der Waals surface area (Å²) in [7, 11) is 1.63. The Bertz CT molecular complexity index is 401. The molecule has 0 bridgehead atoms. The van der Waals surface area contributed by atoms with Crippen molar-refractivity contribution in [2.75, 3.05) is 23.9 Å². The quantitative estimate of drug-likeness (QED) is 0.842. The zero-order chi connectivity index (χ0) is 12.7. The predicted octanol–water partition coefficient (Wildman–Crippen LogP) is 3.12. The van der Waals surface area contributed by atoms with Crippen LogP contribution in [0.4, 0.5) is 5.69 Å². The number of benzene rings is 1. The fourth-order valence-electron chi connectivity index (χ4n) is 1.47. The van der Waals surface area contributed by atoms with Gasteiger partial charge >= 0.3 is 0 Å². The van der Waals surface area contributed by atoms with Crippen molar-refractivity contribution in [1.29, 1.82) is 5.26 Å².